The van der Waals surface area contributed by atoms with E-state index in [1.165, 1.54) is 0 Å². The number of nitrogens with one attached hydrogen (secondary N) is 3. The van der Waals surface area contributed by atoms with Crippen LogP contribution < -0.4 is 16.0 Å². The zero-order chi connectivity index (χ0) is 23.4. The van der Waals surface area contributed by atoms with E-state index in [1.807, 2.05) is 19.1 Å². The maximum atomic E-state index is 13.0. The summed E-state index contributed by atoms with van der Waals surface area (Å²) in [6, 6.07) is 6.66. The largest absolute Gasteiger partial charge is 0.355 e. The SMILES string of the molecule is CCCNC(=O)CN1CCC(NC(=O)CNC(=O)C2c3ccccc3C(=O)N2C2CC2)CC1. The summed E-state index contributed by atoms with van der Waals surface area (Å²) in [5, 5.41) is 8.60. The molecule has 0 radical (unpaired) electrons. The van der Waals surface area contributed by atoms with Crippen molar-refractivity contribution in [1.29, 1.82) is 0 Å². The number of fused-ring (bicyclic) bond motifs is 1. The van der Waals surface area contributed by atoms with E-state index in [1.54, 1.807) is 17.0 Å². The fraction of sp³-hybridized carbons (Fsp3) is 0.583. The molecule has 1 atom stereocenters. The summed E-state index contributed by atoms with van der Waals surface area (Å²) < 4.78 is 0. The highest BCUT2D eigenvalue weighted by Crippen LogP contribution is 2.41. The minimum Gasteiger partial charge on any atom is -0.355 e. The fourth-order valence-corrected chi connectivity index (χ4v) is 4.63. The molecular formula is C24H33N5O4. The molecule has 0 aromatic heterocycles. The van der Waals surface area contributed by atoms with Crippen LogP contribution in [0.1, 0.15) is 61.0 Å². The van der Waals surface area contributed by atoms with Crippen molar-refractivity contribution in [2.75, 3.05) is 32.7 Å². The highest BCUT2D eigenvalue weighted by atomic mass is 16.2. The van der Waals surface area contributed by atoms with Crippen LogP contribution in [-0.2, 0) is 14.4 Å². The van der Waals surface area contributed by atoms with Gasteiger partial charge in [-0.3, -0.25) is 24.1 Å². The first-order valence-electron chi connectivity index (χ1n) is 12.0. The first kappa shape index (κ1) is 23.2. The van der Waals surface area contributed by atoms with Crippen molar-refractivity contribution in [3.05, 3.63) is 35.4 Å². The van der Waals surface area contributed by atoms with E-state index in [0.29, 0.717) is 24.2 Å². The van der Waals surface area contributed by atoms with Gasteiger partial charge in [0.1, 0.15) is 6.04 Å². The maximum Gasteiger partial charge on any atom is 0.255 e. The molecule has 4 amide bonds. The van der Waals surface area contributed by atoms with Crippen molar-refractivity contribution < 1.29 is 19.2 Å². The lowest BCUT2D eigenvalue weighted by atomic mass is 10.0. The monoisotopic (exact) mass is 455 g/mol. The molecule has 33 heavy (non-hydrogen) atoms. The molecule has 1 aromatic carbocycles. The number of benzene rings is 1. The van der Waals surface area contributed by atoms with E-state index in [9.17, 15) is 19.2 Å². The molecule has 1 unspecified atom stereocenters. The lowest BCUT2D eigenvalue weighted by molar-refractivity contribution is -0.129. The van der Waals surface area contributed by atoms with Crippen molar-refractivity contribution in [1.82, 2.24) is 25.8 Å². The Balaban J connectivity index is 1.23. The molecule has 178 valence electrons. The molecule has 3 N–H and O–H groups in total. The third-order valence-corrected chi connectivity index (χ3v) is 6.50. The number of carbonyl (C=O) groups is 4. The summed E-state index contributed by atoms with van der Waals surface area (Å²) >= 11 is 0. The average molecular weight is 456 g/mol. The van der Waals surface area contributed by atoms with Gasteiger partial charge in [-0.25, -0.2) is 0 Å². The van der Waals surface area contributed by atoms with Crippen molar-refractivity contribution in [3.8, 4) is 0 Å². The van der Waals surface area contributed by atoms with Crippen LogP contribution in [0, 0.1) is 0 Å². The van der Waals surface area contributed by atoms with Gasteiger partial charge in [0, 0.05) is 37.3 Å². The quantitative estimate of drug-likeness (QED) is 0.504. The number of hydrogen-bond acceptors (Lipinski definition) is 5. The van der Waals surface area contributed by atoms with Gasteiger partial charge in [0.2, 0.25) is 17.7 Å². The standard InChI is InChI=1S/C24H33N5O4/c1-2-11-25-21(31)15-28-12-9-16(10-13-28)27-20(30)14-26-23(32)22-18-5-3-4-6-19(18)24(33)29(22)17-7-8-17/h3-6,16-17,22H,2,7-15H2,1H3,(H,25,31)(H,26,32)(H,27,30). The summed E-state index contributed by atoms with van der Waals surface area (Å²) in [5.41, 5.74) is 1.28. The van der Waals surface area contributed by atoms with Gasteiger partial charge in [-0.15, -0.1) is 0 Å². The summed E-state index contributed by atoms with van der Waals surface area (Å²) in [4.78, 5) is 53.9. The van der Waals surface area contributed by atoms with Crippen LogP contribution in [0.3, 0.4) is 0 Å². The molecule has 0 bridgehead atoms. The highest BCUT2D eigenvalue weighted by Gasteiger charge is 2.47. The molecule has 9 heteroatoms. The molecule has 1 aliphatic carbocycles. The third kappa shape index (κ3) is 5.52. The number of likely N-dealkylation sites (tertiary alicyclic amines) is 1. The topological polar surface area (TPSA) is 111 Å². The van der Waals surface area contributed by atoms with Crippen LogP contribution >= 0.6 is 0 Å². The minimum atomic E-state index is -0.670. The van der Waals surface area contributed by atoms with Crippen LogP contribution in [0.15, 0.2) is 24.3 Å². The lowest BCUT2D eigenvalue weighted by Crippen LogP contribution is -2.50. The Bertz CT molecular complexity index is 908. The van der Waals surface area contributed by atoms with Gasteiger partial charge >= 0.3 is 0 Å². The molecule has 2 fully saturated rings. The zero-order valence-corrected chi connectivity index (χ0v) is 19.1. The van der Waals surface area contributed by atoms with Gasteiger partial charge in [0.05, 0.1) is 13.1 Å². The number of carbonyl (C=O) groups excluding carboxylic acids is 4. The smallest absolute Gasteiger partial charge is 0.255 e. The Morgan fingerprint density at radius 3 is 2.42 bits per heavy atom. The van der Waals surface area contributed by atoms with Crippen molar-refractivity contribution >= 4 is 23.6 Å². The second-order valence-corrected chi connectivity index (χ2v) is 9.12. The Kier molecular flexibility index (Phi) is 7.27. The fourth-order valence-electron chi connectivity index (χ4n) is 4.63. The Morgan fingerprint density at radius 1 is 1.00 bits per heavy atom. The van der Waals surface area contributed by atoms with E-state index >= 15 is 0 Å². The Labute approximate surface area is 194 Å². The molecule has 0 spiro atoms. The zero-order valence-electron chi connectivity index (χ0n) is 19.1. The minimum absolute atomic E-state index is 0.0288. The number of piperidine rings is 1. The summed E-state index contributed by atoms with van der Waals surface area (Å²) in [5.74, 6) is -0.622. The first-order chi connectivity index (χ1) is 16.0. The van der Waals surface area contributed by atoms with Gasteiger partial charge in [-0.2, -0.15) is 0 Å². The molecule has 3 aliphatic rings. The summed E-state index contributed by atoms with van der Waals surface area (Å²) in [6.07, 6.45) is 4.26. The molecule has 4 rings (SSSR count). The average Bonchev–Trinajstić information content (AvgIpc) is 3.61. The molecule has 1 saturated carbocycles. The lowest BCUT2D eigenvalue weighted by Gasteiger charge is -2.32. The van der Waals surface area contributed by atoms with Crippen molar-refractivity contribution in [2.45, 2.75) is 57.2 Å². The second kappa shape index (κ2) is 10.3. The normalized spacial score (nSPS) is 20.9. The molecule has 1 aromatic rings. The van der Waals surface area contributed by atoms with Gasteiger partial charge in [0.15, 0.2) is 0 Å². The number of amides is 4. The van der Waals surface area contributed by atoms with Crippen molar-refractivity contribution in [2.24, 2.45) is 0 Å². The molecular weight excluding hydrogens is 422 g/mol. The van der Waals surface area contributed by atoms with E-state index < -0.39 is 6.04 Å². The van der Waals surface area contributed by atoms with Crippen LogP contribution in [0.5, 0.6) is 0 Å². The number of nitrogens with zero attached hydrogens (tertiary/aromatic N) is 2. The number of hydrogen-bond donors (Lipinski definition) is 3. The second-order valence-electron chi connectivity index (χ2n) is 9.12. The molecule has 2 heterocycles. The van der Waals surface area contributed by atoms with E-state index in [4.69, 9.17) is 0 Å². The van der Waals surface area contributed by atoms with Gasteiger partial charge in [0.25, 0.3) is 5.91 Å². The van der Waals surface area contributed by atoms with Gasteiger partial charge in [-0.1, -0.05) is 25.1 Å². The Morgan fingerprint density at radius 2 is 1.73 bits per heavy atom. The van der Waals surface area contributed by atoms with Crippen LogP contribution in [-0.4, -0.2) is 78.2 Å². The predicted molar refractivity (Wildman–Crippen MR) is 122 cm³/mol. The van der Waals surface area contributed by atoms with Crippen molar-refractivity contribution in [3.63, 3.8) is 0 Å². The van der Waals surface area contributed by atoms with E-state index in [-0.39, 0.29) is 42.3 Å². The summed E-state index contributed by atoms with van der Waals surface area (Å²) in [7, 11) is 0. The molecule has 1 saturated heterocycles. The first-order valence-corrected chi connectivity index (χ1v) is 12.0. The Hall–Kier alpha value is -2.94. The van der Waals surface area contributed by atoms with E-state index in [0.717, 1.165) is 45.2 Å². The van der Waals surface area contributed by atoms with Crippen LogP contribution in [0.4, 0.5) is 0 Å². The van der Waals surface area contributed by atoms with Crippen LogP contribution in [0.25, 0.3) is 0 Å². The van der Waals surface area contributed by atoms with Gasteiger partial charge in [-0.05, 0) is 43.7 Å². The third-order valence-electron chi connectivity index (χ3n) is 6.50. The number of rotatable bonds is 9. The van der Waals surface area contributed by atoms with Gasteiger partial charge < -0.3 is 20.9 Å². The van der Waals surface area contributed by atoms with Crippen LogP contribution in [0.2, 0.25) is 0 Å². The summed E-state index contributed by atoms with van der Waals surface area (Å²) in [6.45, 7) is 4.46. The highest BCUT2D eigenvalue weighted by molar-refractivity contribution is 6.05. The van der Waals surface area contributed by atoms with E-state index in [2.05, 4.69) is 20.9 Å². The predicted octanol–water partition coefficient (Wildman–Crippen LogP) is 0.569. The maximum absolute atomic E-state index is 13.0. The molecule has 2 aliphatic heterocycles. The molecule has 9 nitrogen and oxygen atoms in total.